The Morgan fingerprint density at radius 1 is 1.14 bits per heavy atom. The molecule has 1 fully saturated rings. The standard InChI is InChI=1S/C28H30FN3O4/c1-2-28(16-33)12-25(34)36-15-21-22(28)11-24-26-20(14-32(24)27(21)35)19(13-31-8-4-3-5-9-31)18-7-6-17(29)10-23(18)30-26/h6-7,10-11,33H,2-5,8-9,12-16H2,1H3. The minimum Gasteiger partial charge on any atom is -0.461 e. The predicted octanol–water partition coefficient (Wildman–Crippen LogP) is 3.64. The molecule has 1 saturated heterocycles. The number of hydrogen-bond donors (Lipinski definition) is 1. The fourth-order valence-corrected chi connectivity index (χ4v) is 6.21. The first-order valence-corrected chi connectivity index (χ1v) is 12.8. The highest BCUT2D eigenvalue weighted by atomic mass is 19.1. The zero-order valence-electron chi connectivity index (χ0n) is 20.5. The number of fused-ring (bicyclic) bond motifs is 5. The van der Waals surface area contributed by atoms with Crippen molar-refractivity contribution < 1.29 is 19.0 Å². The lowest BCUT2D eigenvalue weighted by atomic mass is 9.74. The van der Waals surface area contributed by atoms with E-state index >= 15 is 0 Å². The SMILES string of the molecule is CCC1(CO)CC(=O)OCc2c1cc1n(c2=O)Cc2c-1nc1cc(F)ccc1c2CN1CCCCC1. The highest BCUT2D eigenvalue weighted by Crippen LogP contribution is 2.41. The number of aliphatic hydroxyl groups excluding tert-OH is 1. The fourth-order valence-electron chi connectivity index (χ4n) is 6.21. The van der Waals surface area contributed by atoms with E-state index in [0.717, 1.165) is 49.0 Å². The number of nitrogens with zero attached hydrogens (tertiary/aromatic N) is 3. The van der Waals surface area contributed by atoms with Crippen LogP contribution >= 0.6 is 0 Å². The highest BCUT2D eigenvalue weighted by molar-refractivity contribution is 5.88. The largest absolute Gasteiger partial charge is 0.461 e. The van der Waals surface area contributed by atoms with Crippen molar-refractivity contribution in [2.45, 2.75) is 64.1 Å². The van der Waals surface area contributed by atoms with Crippen LogP contribution in [0.25, 0.3) is 22.3 Å². The number of benzene rings is 1. The third-order valence-electron chi connectivity index (χ3n) is 8.37. The van der Waals surface area contributed by atoms with Crippen molar-refractivity contribution in [3.05, 3.63) is 62.7 Å². The van der Waals surface area contributed by atoms with Crippen LogP contribution in [0.3, 0.4) is 0 Å². The summed E-state index contributed by atoms with van der Waals surface area (Å²) in [6.45, 7) is 4.66. The number of aliphatic hydroxyl groups is 1. The first-order chi connectivity index (χ1) is 17.4. The minimum atomic E-state index is -0.889. The third-order valence-corrected chi connectivity index (χ3v) is 8.37. The summed E-state index contributed by atoms with van der Waals surface area (Å²) >= 11 is 0. The maximum Gasteiger partial charge on any atom is 0.307 e. The molecule has 3 aliphatic rings. The molecule has 0 bridgehead atoms. The molecule has 1 N–H and O–H groups in total. The Balaban J connectivity index is 1.58. The van der Waals surface area contributed by atoms with Crippen molar-refractivity contribution in [1.29, 1.82) is 0 Å². The van der Waals surface area contributed by atoms with Crippen LogP contribution in [0.1, 0.15) is 61.3 Å². The molecule has 0 aliphatic carbocycles. The van der Waals surface area contributed by atoms with Crippen molar-refractivity contribution >= 4 is 16.9 Å². The second-order valence-corrected chi connectivity index (χ2v) is 10.4. The smallest absolute Gasteiger partial charge is 0.307 e. The van der Waals surface area contributed by atoms with Gasteiger partial charge in [-0.25, -0.2) is 9.37 Å². The second kappa shape index (κ2) is 8.78. The maximum absolute atomic E-state index is 14.3. The summed E-state index contributed by atoms with van der Waals surface area (Å²) in [5.41, 5.74) is 3.94. The van der Waals surface area contributed by atoms with Gasteiger partial charge in [-0.15, -0.1) is 0 Å². The van der Waals surface area contributed by atoms with E-state index in [1.165, 1.54) is 18.6 Å². The molecular formula is C28H30FN3O4. The van der Waals surface area contributed by atoms with Crippen LogP contribution in [0.5, 0.6) is 0 Å². The number of pyridine rings is 2. The number of carbonyl (C=O) groups is 1. The van der Waals surface area contributed by atoms with E-state index in [1.807, 2.05) is 13.0 Å². The Kier molecular flexibility index (Phi) is 5.68. The number of hydrogen-bond acceptors (Lipinski definition) is 6. The summed E-state index contributed by atoms with van der Waals surface area (Å²) in [5.74, 6) is -0.771. The molecule has 188 valence electrons. The number of carbonyl (C=O) groups excluding carboxylic acids is 1. The predicted molar refractivity (Wildman–Crippen MR) is 133 cm³/mol. The lowest BCUT2D eigenvalue weighted by Gasteiger charge is -2.30. The lowest BCUT2D eigenvalue weighted by molar-refractivity contribution is -0.146. The van der Waals surface area contributed by atoms with Gasteiger partial charge in [-0.1, -0.05) is 13.3 Å². The summed E-state index contributed by atoms with van der Waals surface area (Å²) in [4.78, 5) is 33.4. The Labute approximate surface area is 208 Å². The molecule has 2 aromatic heterocycles. The third kappa shape index (κ3) is 3.58. The van der Waals surface area contributed by atoms with E-state index in [4.69, 9.17) is 9.72 Å². The van der Waals surface area contributed by atoms with Gasteiger partial charge in [0.05, 0.1) is 42.0 Å². The molecular weight excluding hydrogens is 461 g/mol. The number of likely N-dealkylation sites (tertiary alicyclic amines) is 1. The van der Waals surface area contributed by atoms with Crippen molar-refractivity contribution in [3.63, 3.8) is 0 Å². The molecule has 6 rings (SSSR count). The zero-order chi connectivity index (χ0) is 25.0. The number of rotatable bonds is 4. The highest BCUT2D eigenvalue weighted by Gasteiger charge is 2.41. The first kappa shape index (κ1) is 23.3. The molecule has 1 unspecified atom stereocenters. The van der Waals surface area contributed by atoms with E-state index in [0.29, 0.717) is 41.0 Å². The van der Waals surface area contributed by atoms with Gasteiger partial charge >= 0.3 is 5.97 Å². The molecule has 5 heterocycles. The molecule has 1 atom stereocenters. The molecule has 8 heteroatoms. The van der Waals surface area contributed by atoms with Gasteiger partial charge in [-0.05, 0) is 61.7 Å². The zero-order valence-corrected chi connectivity index (χ0v) is 20.5. The average molecular weight is 492 g/mol. The number of halogens is 1. The van der Waals surface area contributed by atoms with Crippen molar-refractivity contribution in [3.8, 4) is 11.4 Å². The molecule has 7 nitrogen and oxygen atoms in total. The average Bonchev–Trinajstić information content (AvgIpc) is 3.18. The Morgan fingerprint density at radius 3 is 2.69 bits per heavy atom. The minimum absolute atomic E-state index is 0.0132. The van der Waals surface area contributed by atoms with Gasteiger partial charge in [-0.2, -0.15) is 0 Å². The number of esters is 1. The molecule has 3 aliphatic heterocycles. The van der Waals surface area contributed by atoms with E-state index in [-0.39, 0.29) is 31.0 Å². The van der Waals surface area contributed by atoms with Gasteiger partial charge in [-0.3, -0.25) is 14.5 Å². The number of aromatic nitrogens is 2. The second-order valence-electron chi connectivity index (χ2n) is 10.4. The van der Waals surface area contributed by atoms with Crippen LogP contribution in [-0.2, 0) is 34.6 Å². The summed E-state index contributed by atoms with van der Waals surface area (Å²) in [6.07, 6.45) is 4.05. The number of piperidine rings is 1. The van der Waals surface area contributed by atoms with E-state index < -0.39 is 11.4 Å². The van der Waals surface area contributed by atoms with Crippen LogP contribution in [0.4, 0.5) is 4.39 Å². The molecule has 0 amide bonds. The molecule has 0 radical (unpaired) electrons. The van der Waals surface area contributed by atoms with Crippen LogP contribution in [0.2, 0.25) is 0 Å². The van der Waals surface area contributed by atoms with Gasteiger partial charge in [0, 0.05) is 29.0 Å². The summed E-state index contributed by atoms with van der Waals surface area (Å²) in [7, 11) is 0. The van der Waals surface area contributed by atoms with Crippen LogP contribution in [0, 0.1) is 5.82 Å². The van der Waals surface area contributed by atoms with Crippen molar-refractivity contribution in [1.82, 2.24) is 14.5 Å². The fraction of sp³-hybridized carbons (Fsp3) is 0.464. The molecule has 1 aromatic carbocycles. The lowest BCUT2D eigenvalue weighted by Crippen LogP contribution is -2.35. The molecule has 3 aromatic rings. The van der Waals surface area contributed by atoms with Gasteiger partial charge in [0.25, 0.3) is 5.56 Å². The first-order valence-electron chi connectivity index (χ1n) is 12.8. The Bertz CT molecular complexity index is 1440. The molecule has 0 spiro atoms. The Hall–Kier alpha value is -3.10. The quantitative estimate of drug-likeness (QED) is 0.439. The summed E-state index contributed by atoms with van der Waals surface area (Å²) < 4.78 is 21.3. The van der Waals surface area contributed by atoms with Crippen molar-refractivity contribution in [2.75, 3.05) is 19.7 Å². The maximum atomic E-state index is 14.3. The normalized spacial score (nSPS) is 21.6. The molecule has 36 heavy (non-hydrogen) atoms. The van der Waals surface area contributed by atoms with Crippen molar-refractivity contribution in [2.24, 2.45) is 0 Å². The van der Waals surface area contributed by atoms with E-state index in [9.17, 15) is 19.1 Å². The van der Waals surface area contributed by atoms with Crippen LogP contribution in [-0.4, -0.2) is 45.2 Å². The van der Waals surface area contributed by atoms with Crippen LogP contribution in [0.15, 0.2) is 29.1 Å². The van der Waals surface area contributed by atoms with Gasteiger partial charge in [0.15, 0.2) is 0 Å². The van der Waals surface area contributed by atoms with Gasteiger partial charge in [0.1, 0.15) is 12.4 Å². The molecule has 0 saturated carbocycles. The Morgan fingerprint density at radius 2 is 1.94 bits per heavy atom. The monoisotopic (exact) mass is 491 g/mol. The number of cyclic esters (lactones) is 1. The van der Waals surface area contributed by atoms with E-state index in [2.05, 4.69) is 4.90 Å². The summed E-state index contributed by atoms with van der Waals surface area (Å²) in [5, 5.41) is 11.3. The van der Waals surface area contributed by atoms with Gasteiger partial charge < -0.3 is 14.4 Å². The summed E-state index contributed by atoms with van der Waals surface area (Å²) in [6, 6.07) is 6.63. The topological polar surface area (TPSA) is 84.7 Å². The number of ether oxygens (including phenoxy) is 1. The van der Waals surface area contributed by atoms with Crippen LogP contribution < -0.4 is 5.56 Å². The van der Waals surface area contributed by atoms with E-state index in [1.54, 1.807) is 10.6 Å². The van der Waals surface area contributed by atoms with Gasteiger partial charge in [0.2, 0.25) is 0 Å².